The van der Waals surface area contributed by atoms with E-state index in [1.165, 1.54) is 6.07 Å². The number of benzene rings is 1. The SMILES string of the molecule is Cc1ccc2oc(C(=O)OCCN3CCOCC3)cc(=O)c2c1. The standard InChI is InChI=1S/C17H19NO5/c1-12-2-3-15-13(10-12)14(19)11-16(23-15)17(20)22-9-6-18-4-7-21-8-5-18/h2-3,10-11H,4-9H2,1H3. The smallest absolute Gasteiger partial charge is 0.374 e. The molecule has 2 aromatic rings. The second-order valence-corrected chi connectivity index (χ2v) is 5.56. The Morgan fingerprint density at radius 3 is 2.83 bits per heavy atom. The Labute approximate surface area is 133 Å². The Balaban J connectivity index is 1.66. The largest absolute Gasteiger partial charge is 0.458 e. The van der Waals surface area contributed by atoms with Gasteiger partial charge in [0.1, 0.15) is 12.2 Å². The van der Waals surface area contributed by atoms with Crippen LogP contribution in [-0.4, -0.2) is 50.3 Å². The fourth-order valence-electron chi connectivity index (χ4n) is 2.53. The number of rotatable bonds is 4. The molecule has 0 radical (unpaired) electrons. The first-order valence-electron chi connectivity index (χ1n) is 7.65. The maximum absolute atomic E-state index is 12.1. The zero-order chi connectivity index (χ0) is 16.2. The molecule has 3 rings (SSSR count). The number of ether oxygens (including phenoxy) is 2. The Hall–Kier alpha value is -2.18. The van der Waals surface area contributed by atoms with Crippen LogP contribution in [0, 0.1) is 6.92 Å². The summed E-state index contributed by atoms with van der Waals surface area (Å²) in [6, 6.07) is 6.46. The number of nitrogens with zero attached hydrogens (tertiary/aromatic N) is 1. The van der Waals surface area contributed by atoms with Gasteiger partial charge >= 0.3 is 5.97 Å². The molecule has 1 aliphatic heterocycles. The fraction of sp³-hybridized carbons (Fsp3) is 0.412. The minimum atomic E-state index is -0.613. The third-order valence-electron chi connectivity index (χ3n) is 3.83. The van der Waals surface area contributed by atoms with E-state index in [0.717, 1.165) is 18.7 Å². The van der Waals surface area contributed by atoms with Crippen molar-refractivity contribution in [3.63, 3.8) is 0 Å². The van der Waals surface area contributed by atoms with E-state index in [-0.39, 0.29) is 17.8 Å². The van der Waals surface area contributed by atoms with Crippen LogP contribution in [0.2, 0.25) is 0 Å². The molecule has 6 heteroatoms. The molecule has 0 atom stereocenters. The molecule has 1 fully saturated rings. The molecular weight excluding hydrogens is 298 g/mol. The lowest BCUT2D eigenvalue weighted by Crippen LogP contribution is -2.38. The first kappa shape index (κ1) is 15.7. The number of hydrogen-bond acceptors (Lipinski definition) is 6. The molecule has 2 heterocycles. The van der Waals surface area contributed by atoms with Crippen molar-refractivity contribution in [2.75, 3.05) is 39.5 Å². The van der Waals surface area contributed by atoms with Crippen LogP contribution in [0.1, 0.15) is 16.1 Å². The molecule has 0 unspecified atom stereocenters. The Kier molecular flexibility index (Phi) is 4.73. The minimum absolute atomic E-state index is 0.0617. The second kappa shape index (κ2) is 6.93. The van der Waals surface area contributed by atoms with E-state index in [9.17, 15) is 9.59 Å². The van der Waals surface area contributed by atoms with Gasteiger partial charge in [-0.05, 0) is 19.1 Å². The molecule has 1 aliphatic rings. The van der Waals surface area contributed by atoms with E-state index in [1.807, 2.05) is 13.0 Å². The van der Waals surface area contributed by atoms with E-state index in [1.54, 1.807) is 12.1 Å². The Morgan fingerprint density at radius 1 is 1.26 bits per heavy atom. The Bertz CT molecular complexity index is 761. The molecule has 6 nitrogen and oxygen atoms in total. The van der Waals surface area contributed by atoms with Crippen molar-refractivity contribution in [3.05, 3.63) is 45.8 Å². The first-order chi connectivity index (χ1) is 11.1. The summed E-state index contributed by atoms with van der Waals surface area (Å²) in [4.78, 5) is 26.3. The molecule has 0 spiro atoms. The first-order valence-corrected chi connectivity index (χ1v) is 7.65. The summed E-state index contributed by atoms with van der Waals surface area (Å²) in [7, 11) is 0. The number of esters is 1. The van der Waals surface area contributed by atoms with Gasteiger partial charge in [0.05, 0.1) is 18.6 Å². The van der Waals surface area contributed by atoms with Crippen LogP contribution in [0.3, 0.4) is 0 Å². The van der Waals surface area contributed by atoms with Crippen LogP contribution in [0.15, 0.2) is 33.5 Å². The number of fused-ring (bicyclic) bond motifs is 1. The maximum atomic E-state index is 12.1. The van der Waals surface area contributed by atoms with Gasteiger partial charge in [0, 0.05) is 25.7 Å². The molecule has 1 aromatic heterocycles. The van der Waals surface area contributed by atoms with Crippen LogP contribution in [0.25, 0.3) is 11.0 Å². The molecule has 23 heavy (non-hydrogen) atoms. The van der Waals surface area contributed by atoms with Crippen LogP contribution in [0.4, 0.5) is 0 Å². The van der Waals surface area contributed by atoms with Gasteiger partial charge in [0.15, 0.2) is 5.43 Å². The predicted octanol–water partition coefficient (Wildman–Crippen LogP) is 1.59. The highest BCUT2D eigenvalue weighted by Gasteiger charge is 2.15. The zero-order valence-electron chi connectivity index (χ0n) is 13.0. The van der Waals surface area contributed by atoms with Crippen LogP contribution in [-0.2, 0) is 9.47 Å². The van der Waals surface area contributed by atoms with Gasteiger partial charge < -0.3 is 13.9 Å². The van der Waals surface area contributed by atoms with Gasteiger partial charge in [0.25, 0.3) is 0 Å². The average Bonchev–Trinajstić information content (AvgIpc) is 2.56. The molecular formula is C17H19NO5. The van der Waals surface area contributed by atoms with E-state index in [2.05, 4.69) is 4.90 Å². The van der Waals surface area contributed by atoms with Gasteiger partial charge in [-0.3, -0.25) is 9.69 Å². The summed E-state index contributed by atoms with van der Waals surface area (Å²) in [6.45, 7) is 5.87. The summed E-state index contributed by atoms with van der Waals surface area (Å²) in [5.41, 5.74) is 1.11. The van der Waals surface area contributed by atoms with Crippen molar-refractivity contribution >= 4 is 16.9 Å². The number of carbonyl (C=O) groups excluding carboxylic acids is 1. The van der Waals surface area contributed by atoms with Gasteiger partial charge in [-0.1, -0.05) is 11.6 Å². The monoisotopic (exact) mass is 317 g/mol. The topological polar surface area (TPSA) is 69.0 Å². The predicted molar refractivity (Wildman–Crippen MR) is 84.8 cm³/mol. The molecule has 122 valence electrons. The zero-order valence-corrected chi connectivity index (χ0v) is 13.0. The summed E-state index contributed by atoms with van der Waals surface area (Å²) in [5, 5.41) is 0.467. The fourth-order valence-corrected chi connectivity index (χ4v) is 2.53. The summed E-state index contributed by atoms with van der Waals surface area (Å²) < 4.78 is 16.0. The van der Waals surface area contributed by atoms with Gasteiger partial charge in [-0.25, -0.2) is 4.79 Å². The molecule has 0 amide bonds. The van der Waals surface area contributed by atoms with Crippen molar-refractivity contribution in [3.8, 4) is 0 Å². The molecule has 1 saturated heterocycles. The second-order valence-electron chi connectivity index (χ2n) is 5.56. The van der Waals surface area contributed by atoms with E-state index in [4.69, 9.17) is 13.9 Å². The lowest BCUT2D eigenvalue weighted by atomic mass is 10.1. The maximum Gasteiger partial charge on any atom is 0.374 e. The summed E-state index contributed by atoms with van der Waals surface area (Å²) in [6.07, 6.45) is 0. The quantitative estimate of drug-likeness (QED) is 0.798. The van der Waals surface area contributed by atoms with Crippen LogP contribution < -0.4 is 5.43 Å². The highest BCUT2D eigenvalue weighted by atomic mass is 16.5. The highest BCUT2D eigenvalue weighted by Crippen LogP contribution is 2.14. The summed E-state index contributed by atoms with van der Waals surface area (Å²) in [5.74, 6) is -0.675. The third kappa shape index (κ3) is 3.78. The lowest BCUT2D eigenvalue weighted by Gasteiger charge is -2.26. The minimum Gasteiger partial charge on any atom is -0.458 e. The van der Waals surface area contributed by atoms with Crippen LogP contribution in [0.5, 0.6) is 0 Å². The summed E-state index contributed by atoms with van der Waals surface area (Å²) >= 11 is 0. The Morgan fingerprint density at radius 2 is 2.04 bits per heavy atom. The normalized spacial score (nSPS) is 15.7. The number of carbonyl (C=O) groups is 1. The third-order valence-corrected chi connectivity index (χ3v) is 3.83. The molecule has 0 N–H and O–H groups in total. The number of aryl methyl sites for hydroxylation is 1. The molecule has 0 aliphatic carbocycles. The van der Waals surface area contributed by atoms with E-state index < -0.39 is 5.97 Å². The van der Waals surface area contributed by atoms with E-state index in [0.29, 0.717) is 30.7 Å². The number of morpholine rings is 1. The van der Waals surface area contributed by atoms with Crippen molar-refractivity contribution in [1.29, 1.82) is 0 Å². The van der Waals surface area contributed by atoms with Crippen molar-refractivity contribution in [1.82, 2.24) is 4.90 Å². The van der Waals surface area contributed by atoms with E-state index >= 15 is 0 Å². The van der Waals surface area contributed by atoms with Crippen LogP contribution >= 0.6 is 0 Å². The van der Waals surface area contributed by atoms with Crippen molar-refractivity contribution in [2.24, 2.45) is 0 Å². The highest BCUT2D eigenvalue weighted by molar-refractivity contribution is 5.89. The van der Waals surface area contributed by atoms with Crippen molar-refractivity contribution in [2.45, 2.75) is 6.92 Å². The van der Waals surface area contributed by atoms with Gasteiger partial charge in [0.2, 0.25) is 5.76 Å². The average molecular weight is 317 g/mol. The molecule has 0 bridgehead atoms. The molecule has 0 saturated carbocycles. The van der Waals surface area contributed by atoms with Crippen molar-refractivity contribution < 1.29 is 18.7 Å². The lowest BCUT2D eigenvalue weighted by molar-refractivity contribution is 0.0182. The van der Waals surface area contributed by atoms with Gasteiger partial charge in [-0.15, -0.1) is 0 Å². The van der Waals surface area contributed by atoms with Gasteiger partial charge in [-0.2, -0.15) is 0 Å². The molecule has 1 aromatic carbocycles. The number of hydrogen-bond donors (Lipinski definition) is 0.